The van der Waals surface area contributed by atoms with Gasteiger partial charge in [0.2, 0.25) is 0 Å². The van der Waals surface area contributed by atoms with Gasteiger partial charge in [0.15, 0.2) is 0 Å². The van der Waals surface area contributed by atoms with E-state index >= 15 is 0 Å². The van der Waals surface area contributed by atoms with Crippen molar-refractivity contribution in [2.24, 2.45) is 5.92 Å². The van der Waals surface area contributed by atoms with Crippen LogP contribution in [0, 0.1) is 5.92 Å². The number of carbonyl (C=O) groups excluding carboxylic acids is 1. The van der Waals surface area contributed by atoms with Gasteiger partial charge < -0.3 is 15.1 Å². The molecule has 2 saturated heterocycles. The summed E-state index contributed by atoms with van der Waals surface area (Å²) < 4.78 is 0. The molecule has 17 heavy (non-hydrogen) atoms. The maximum absolute atomic E-state index is 12.5. The second kappa shape index (κ2) is 5.25. The van der Waals surface area contributed by atoms with Crippen LogP contribution in [0.25, 0.3) is 0 Å². The van der Waals surface area contributed by atoms with Gasteiger partial charge in [-0.15, -0.1) is 0 Å². The highest BCUT2D eigenvalue weighted by Gasteiger charge is 2.31. The predicted octanol–water partition coefficient (Wildman–Crippen LogP) is 1.52. The molecule has 0 spiro atoms. The van der Waals surface area contributed by atoms with Crippen LogP contribution in [0.3, 0.4) is 0 Å². The molecule has 4 nitrogen and oxygen atoms in total. The van der Waals surface area contributed by atoms with Gasteiger partial charge in [-0.05, 0) is 32.6 Å². The molecule has 3 atom stereocenters. The fraction of sp³-hybridized carbons (Fsp3) is 0.923. The van der Waals surface area contributed by atoms with Crippen LogP contribution in [0.2, 0.25) is 0 Å². The van der Waals surface area contributed by atoms with Crippen molar-refractivity contribution < 1.29 is 4.79 Å². The van der Waals surface area contributed by atoms with Crippen LogP contribution in [-0.4, -0.2) is 54.1 Å². The van der Waals surface area contributed by atoms with E-state index in [1.165, 1.54) is 6.42 Å². The Hall–Kier alpha value is -0.770. The molecule has 2 aliphatic heterocycles. The van der Waals surface area contributed by atoms with Crippen molar-refractivity contribution in [2.75, 3.05) is 26.2 Å². The van der Waals surface area contributed by atoms with Crippen LogP contribution >= 0.6 is 0 Å². The molecule has 2 rings (SSSR count). The highest BCUT2D eigenvalue weighted by atomic mass is 16.2. The molecule has 0 saturated carbocycles. The van der Waals surface area contributed by atoms with Gasteiger partial charge in [0, 0.05) is 38.3 Å². The number of piperidine rings is 1. The van der Waals surface area contributed by atoms with Crippen LogP contribution in [0.1, 0.15) is 33.6 Å². The van der Waals surface area contributed by atoms with E-state index in [2.05, 4.69) is 26.1 Å². The van der Waals surface area contributed by atoms with Crippen molar-refractivity contribution in [2.45, 2.75) is 45.7 Å². The first-order chi connectivity index (χ1) is 8.08. The Morgan fingerprint density at radius 3 is 2.71 bits per heavy atom. The SMILES string of the molecule is CC1CCCN(C(=O)N2CC(C)NCC2C)C1. The first-order valence-corrected chi connectivity index (χ1v) is 6.87. The van der Waals surface area contributed by atoms with Gasteiger partial charge >= 0.3 is 6.03 Å². The fourth-order valence-corrected chi connectivity index (χ4v) is 2.83. The number of carbonyl (C=O) groups is 1. The Morgan fingerprint density at radius 1 is 1.24 bits per heavy atom. The summed E-state index contributed by atoms with van der Waals surface area (Å²) in [7, 11) is 0. The van der Waals surface area contributed by atoms with Gasteiger partial charge in [-0.25, -0.2) is 4.79 Å². The number of nitrogens with one attached hydrogen (secondary N) is 1. The number of piperazine rings is 1. The second-order valence-corrected chi connectivity index (χ2v) is 5.79. The zero-order valence-electron chi connectivity index (χ0n) is 11.3. The summed E-state index contributed by atoms with van der Waals surface area (Å²) in [5, 5.41) is 3.42. The largest absolute Gasteiger partial charge is 0.324 e. The lowest BCUT2D eigenvalue weighted by Crippen LogP contribution is -2.60. The summed E-state index contributed by atoms with van der Waals surface area (Å²) in [6.45, 7) is 10.1. The normalized spacial score (nSPS) is 34.9. The van der Waals surface area contributed by atoms with Gasteiger partial charge in [0.1, 0.15) is 0 Å². The molecular formula is C13H25N3O. The standard InChI is InChI=1S/C13H25N3O/c1-10-5-4-6-15(8-10)13(17)16-9-11(2)14-7-12(16)3/h10-12,14H,4-9H2,1-3H3. The van der Waals surface area contributed by atoms with Crippen LogP contribution in [-0.2, 0) is 0 Å². The average Bonchev–Trinajstić information content (AvgIpc) is 2.31. The number of likely N-dealkylation sites (tertiary alicyclic amines) is 1. The summed E-state index contributed by atoms with van der Waals surface area (Å²) in [6.07, 6.45) is 2.42. The lowest BCUT2D eigenvalue weighted by molar-refractivity contribution is 0.100. The molecule has 0 aromatic rings. The molecule has 0 bridgehead atoms. The molecule has 2 aliphatic rings. The summed E-state index contributed by atoms with van der Waals surface area (Å²) in [4.78, 5) is 16.6. The summed E-state index contributed by atoms with van der Waals surface area (Å²) in [5.41, 5.74) is 0. The molecule has 2 heterocycles. The van der Waals surface area contributed by atoms with Gasteiger partial charge in [-0.2, -0.15) is 0 Å². The lowest BCUT2D eigenvalue weighted by Gasteiger charge is -2.42. The quantitative estimate of drug-likeness (QED) is 0.695. The number of amides is 2. The molecular weight excluding hydrogens is 214 g/mol. The third kappa shape index (κ3) is 2.92. The molecule has 2 amide bonds. The lowest BCUT2D eigenvalue weighted by atomic mass is 10.0. The first-order valence-electron chi connectivity index (χ1n) is 6.87. The summed E-state index contributed by atoms with van der Waals surface area (Å²) in [6, 6.07) is 0.977. The number of hydrogen-bond acceptors (Lipinski definition) is 2. The van der Waals surface area contributed by atoms with E-state index in [4.69, 9.17) is 0 Å². The molecule has 0 aromatic carbocycles. The van der Waals surface area contributed by atoms with Crippen LogP contribution in [0.15, 0.2) is 0 Å². The fourth-order valence-electron chi connectivity index (χ4n) is 2.83. The summed E-state index contributed by atoms with van der Waals surface area (Å²) >= 11 is 0. The Morgan fingerprint density at radius 2 is 2.00 bits per heavy atom. The van der Waals surface area contributed by atoms with Crippen molar-refractivity contribution >= 4 is 6.03 Å². The van der Waals surface area contributed by atoms with E-state index < -0.39 is 0 Å². The third-order valence-corrected chi connectivity index (χ3v) is 3.94. The van der Waals surface area contributed by atoms with E-state index in [1.807, 2.05) is 9.80 Å². The zero-order valence-corrected chi connectivity index (χ0v) is 11.3. The predicted molar refractivity (Wildman–Crippen MR) is 69.0 cm³/mol. The number of urea groups is 1. The molecule has 1 N–H and O–H groups in total. The van der Waals surface area contributed by atoms with Crippen molar-refractivity contribution in [3.63, 3.8) is 0 Å². The maximum atomic E-state index is 12.5. The molecule has 0 radical (unpaired) electrons. The Kier molecular flexibility index (Phi) is 3.92. The highest BCUT2D eigenvalue weighted by molar-refractivity contribution is 5.75. The first kappa shape index (κ1) is 12.7. The van der Waals surface area contributed by atoms with Crippen molar-refractivity contribution in [1.82, 2.24) is 15.1 Å². The minimum Gasteiger partial charge on any atom is -0.324 e. The minimum absolute atomic E-state index is 0.248. The van der Waals surface area contributed by atoms with Gasteiger partial charge in [-0.3, -0.25) is 0 Å². The maximum Gasteiger partial charge on any atom is 0.320 e. The highest BCUT2D eigenvalue weighted by Crippen LogP contribution is 2.18. The van der Waals surface area contributed by atoms with Gasteiger partial charge in [0.25, 0.3) is 0 Å². The number of hydrogen-bond donors (Lipinski definition) is 1. The number of nitrogens with zero attached hydrogens (tertiary/aromatic N) is 2. The Bertz CT molecular complexity index is 282. The Balaban J connectivity index is 1.97. The average molecular weight is 239 g/mol. The van der Waals surface area contributed by atoms with Crippen molar-refractivity contribution in [1.29, 1.82) is 0 Å². The van der Waals surface area contributed by atoms with E-state index in [9.17, 15) is 4.79 Å². The third-order valence-electron chi connectivity index (χ3n) is 3.94. The van der Waals surface area contributed by atoms with Crippen LogP contribution in [0.5, 0.6) is 0 Å². The molecule has 0 aromatic heterocycles. The number of rotatable bonds is 0. The molecule has 98 valence electrons. The van der Waals surface area contributed by atoms with E-state index in [0.717, 1.165) is 32.6 Å². The van der Waals surface area contributed by atoms with Crippen LogP contribution in [0.4, 0.5) is 4.79 Å². The van der Waals surface area contributed by atoms with E-state index in [1.54, 1.807) is 0 Å². The Labute approximate surface area is 104 Å². The molecule has 0 aliphatic carbocycles. The van der Waals surface area contributed by atoms with Crippen molar-refractivity contribution in [3.05, 3.63) is 0 Å². The summed E-state index contributed by atoms with van der Waals surface area (Å²) in [5.74, 6) is 0.656. The topological polar surface area (TPSA) is 35.6 Å². The zero-order chi connectivity index (χ0) is 12.4. The van der Waals surface area contributed by atoms with E-state index in [0.29, 0.717) is 18.0 Å². The smallest absolute Gasteiger partial charge is 0.320 e. The minimum atomic E-state index is 0.248. The van der Waals surface area contributed by atoms with Gasteiger partial charge in [-0.1, -0.05) is 6.92 Å². The van der Waals surface area contributed by atoms with E-state index in [-0.39, 0.29) is 6.03 Å². The van der Waals surface area contributed by atoms with Crippen LogP contribution < -0.4 is 5.32 Å². The molecule has 2 fully saturated rings. The van der Waals surface area contributed by atoms with Gasteiger partial charge in [0.05, 0.1) is 0 Å². The second-order valence-electron chi connectivity index (χ2n) is 5.79. The monoisotopic (exact) mass is 239 g/mol. The molecule has 4 heteroatoms. The van der Waals surface area contributed by atoms with Crippen molar-refractivity contribution in [3.8, 4) is 0 Å². The molecule has 3 unspecified atom stereocenters.